The predicted molar refractivity (Wildman–Crippen MR) is 55.1 cm³/mol. The van der Waals surface area contributed by atoms with Gasteiger partial charge in [0.25, 0.3) is 0 Å². The first-order valence-corrected chi connectivity index (χ1v) is 5.03. The smallest absolute Gasteiger partial charge is 0.407 e. The average Bonchev–Trinajstić information content (AvgIpc) is 1.98. The third kappa shape index (κ3) is 7.86. The summed E-state index contributed by atoms with van der Waals surface area (Å²) in [7, 11) is 0. The summed E-state index contributed by atoms with van der Waals surface area (Å²) in [5.74, 6) is 0.341. The summed E-state index contributed by atoms with van der Waals surface area (Å²) in [5.41, 5.74) is 0. The van der Waals surface area contributed by atoms with Crippen molar-refractivity contribution in [3.63, 3.8) is 0 Å². The summed E-state index contributed by atoms with van der Waals surface area (Å²) in [6, 6.07) is -0.0605. The highest BCUT2D eigenvalue weighted by Gasteiger charge is 2.10. The zero-order valence-electron chi connectivity index (χ0n) is 9.41. The van der Waals surface area contributed by atoms with Crippen LogP contribution in [0.25, 0.3) is 0 Å². The molecule has 0 rings (SSSR count). The van der Waals surface area contributed by atoms with Gasteiger partial charge >= 0.3 is 6.09 Å². The molecule has 0 fully saturated rings. The van der Waals surface area contributed by atoms with Crippen molar-refractivity contribution < 1.29 is 14.6 Å². The molecule has 0 aliphatic carbocycles. The Hall–Kier alpha value is -0.770. The number of aliphatic hydroxyl groups is 1. The average molecular weight is 203 g/mol. The first-order chi connectivity index (χ1) is 6.41. The number of rotatable bonds is 5. The van der Waals surface area contributed by atoms with E-state index in [0.717, 1.165) is 0 Å². The fraction of sp³-hybridized carbons (Fsp3) is 0.900. The van der Waals surface area contributed by atoms with E-state index in [-0.39, 0.29) is 6.04 Å². The third-order valence-corrected chi connectivity index (χ3v) is 1.61. The molecular weight excluding hydrogens is 182 g/mol. The molecule has 0 spiro atoms. The van der Waals surface area contributed by atoms with Gasteiger partial charge in [-0.3, -0.25) is 0 Å². The van der Waals surface area contributed by atoms with Crippen molar-refractivity contribution in [1.29, 1.82) is 0 Å². The quantitative estimate of drug-likeness (QED) is 0.712. The number of amides is 1. The Morgan fingerprint density at radius 1 is 1.36 bits per heavy atom. The van der Waals surface area contributed by atoms with Gasteiger partial charge in [-0.05, 0) is 26.2 Å². The van der Waals surface area contributed by atoms with Crippen LogP contribution in [0.4, 0.5) is 4.79 Å². The van der Waals surface area contributed by atoms with Gasteiger partial charge in [0.05, 0.1) is 12.7 Å². The van der Waals surface area contributed by atoms with Crippen molar-refractivity contribution in [3.05, 3.63) is 0 Å². The van der Waals surface area contributed by atoms with Crippen molar-refractivity contribution in [2.24, 2.45) is 5.92 Å². The Labute approximate surface area is 85.6 Å². The van der Waals surface area contributed by atoms with Crippen LogP contribution in [0.5, 0.6) is 0 Å². The van der Waals surface area contributed by atoms with Gasteiger partial charge in [0, 0.05) is 6.04 Å². The molecule has 14 heavy (non-hydrogen) atoms. The van der Waals surface area contributed by atoms with E-state index in [1.54, 1.807) is 6.92 Å². The van der Waals surface area contributed by atoms with E-state index in [1.807, 2.05) is 20.8 Å². The van der Waals surface area contributed by atoms with Crippen molar-refractivity contribution in [1.82, 2.24) is 5.32 Å². The van der Waals surface area contributed by atoms with Gasteiger partial charge in [0.1, 0.15) is 0 Å². The standard InChI is InChI=1S/C10H21NO3/c1-7(2)6-14-10(13)11-8(3)5-9(4)12/h7-9,12H,5-6H2,1-4H3,(H,11,13). The largest absolute Gasteiger partial charge is 0.449 e. The lowest BCUT2D eigenvalue weighted by Gasteiger charge is -2.15. The molecule has 0 saturated heterocycles. The van der Waals surface area contributed by atoms with Crippen molar-refractivity contribution in [3.8, 4) is 0 Å². The first-order valence-electron chi connectivity index (χ1n) is 5.03. The van der Waals surface area contributed by atoms with Crippen molar-refractivity contribution in [2.75, 3.05) is 6.61 Å². The molecule has 2 atom stereocenters. The fourth-order valence-electron chi connectivity index (χ4n) is 1.06. The van der Waals surface area contributed by atoms with Crippen LogP contribution in [0, 0.1) is 5.92 Å². The number of hydrogen-bond donors (Lipinski definition) is 2. The lowest BCUT2D eigenvalue weighted by Crippen LogP contribution is -2.35. The van der Waals surface area contributed by atoms with Crippen LogP contribution >= 0.6 is 0 Å². The number of aliphatic hydroxyl groups excluding tert-OH is 1. The SMILES string of the molecule is CC(C)COC(=O)NC(C)CC(C)O. The Bertz CT molecular complexity index is 169. The highest BCUT2D eigenvalue weighted by atomic mass is 16.5. The normalized spacial score (nSPS) is 15.0. The van der Waals surface area contributed by atoms with E-state index < -0.39 is 12.2 Å². The van der Waals surface area contributed by atoms with Crippen molar-refractivity contribution >= 4 is 6.09 Å². The van der Waals surface area contributed by atoms with Crippen LogP contribution in [0.1, 0.15) is 34.1 Å². The van der Waals surface area contributed by atoms with E-state index >= 15 is 0 Å². The second kappa shape index (κ2) is 6.65. The third-order valence-electron chi connectivity index (χ3n) is 1.61. The lowest BCUT2D eigenvalue weighted by atomic mass is 10.2. The van der Waals surface area contributed by atoms with Crippen LogP contribution < -0.4 is 5.32 Å². The molecule has 0 aliphatic heterocycles. The lowest BCUT2D eigenvalue weighted by molar-refractivity contribution is 0.123. The maximum atomic E-state index is 11.1. The maximum Gasteiger partial charge on any atom is 0.407 e. The predicted octanol–water partition coefficient (Wildman–Crippen LogP) is 1.53. The van der Waals surface area contributed by atoms with Crippen LogP contribution in [0.2, 0.25) is 0 Å². The minimum absolute atomic E-state index is 0.0605. The number of carbonyl (C=O) groups excluding carboxylic acids is 1. The maximum absolute atomic E-state index is 11.1. The summed E-state index contributed by atoms with van der Waals surface area (Å²) >= 11 is 0. The molecule has 4 nitrogen and oxygen atoms in total. The molecule has 84 valence electrons. The number of ether oxygens (including phenoxy) is 1. The molecule has 2 N–H and O–H groups in total. The zero-order chi connectivity index (χ0) is 11.1. The van der Waals surface area contributed by atoms with Gasteiger partial charge in [0.2, 0.25) is 0 Å². The second-order valence-corrected chi connectivity index (χ2v) is 4.12. The van der Waals surface area contributed by atoms with E-state index in [4.69, 9.17) is 9.84 Å². The van der Waals surface area contributed by atoms with E-state index in [1.165, 1.54) is 0 Å². The molecule has 0 heterocycles. The molecule has 0 aliphatic rings. The van der Waals surface area contributed by atoms with Crippen LogP contribution in [-0.4, -0.2) is 30.0 Å². The molecule has 0 bridgehead atoms. The molecule has 1 amide bonds. The minimum atomic E-state index is -0.410. The van der Waals surface area contributed by atoms with Crippen LogP contribution in [0.15, 0.2) is 0 Å². The van der Waals surface area contributed by atoms with Gasteiger partial charge in [0.15, 0.2) is 0 Å². The molecule has 2 unspecified atom stereocenters. The molecular formula is C10H21NO3. The molecule has 0 aromatic heterocycles. The van der Waals surface area contributed by atoms with Crippen LogP contribution in [0.3, 0.4) is 0 Å². The number of hydrogen-bond acceptors (Lipinski definition) is 3. The Balaban J connectivity index is 3.60. The monoisotopic (exact) mass is 203 g/mol. The van der Waals surface area contributed by atoms with Crippen molar-refractivity contribution in [2.45, 2.75) is 46.3 Å². The second-order valence-electron chi connectivity index (χ2n) is 4.12. The zero-order valence-corrected chi connectivity index (χ0v) is 9.41. The highest BCUT2D eigenvalue weighted by molar-refractivity contribution is 5.67. The molecule has 4 heteroatoms. The Kier molecular flexibility index (Phi) is 6.28. The van der Waals surface area contributed by atoms with Gasteiger partial charge in [-0.1, -0.05) is 13.8 Å². The number of nitrogens with one attached hydrogen (secondary N) is 1. The Morgan fingerprint density at radius 3 is 2.36 bits per heavy atom. The Morgan fingerprint density at radius 2 is 1.93 bits per heavy atom. The van der Waals surface area contributed by atoms with Gasteiger partial charge < -0.3 is 15.2 Å². The summed E-state index contributed by atoms with van der Waals surface area (Å²) in [5, 5.41) is 11.7. The summed E-state index contributed by atoms with van der Waals surface area (Å²) in [6.45, 7) is 7.91. The van der Waals surface area contributed by atoms with E-state index in [2.05, 4.69) is 5.32 Å². The molecule has 0 aromatic rings. The summed E-state index contributed by atoms with van der Waals surface area (Å²) in [6.07, 6.45) is -0.279. The fourth-order valence-corrected chi connectivity index (χ4v) is 1.06. The van der Waals surface area contributed by atoms with Crippen LogP contribution in [-0.2, 0) is 4.74 Å². The van der Waals surface area contributed by atoms with Gasteiger partial charge in [-0.25, -0.2) is 4.79 Å². The number of carbonyl (C=O) groups is 1. The van der Waals surface area contributed by atoms with Gasteiger partial charge in [-0.2, -0.15) is 0 Å². The minimum Gasteiger partial charge on any atom is -0.449 e. The van der Waals surface area contributed by atoms with E-state index in [0.29, 0.717) is 18.9 Å². The molecule has 0 saturated carbocycles. The van der Waals surface area contributed by atoms with Gasteiger partial charge in [-0.15, -0.1) is 0 Å². The first kappa shape index (κ1) is 13.2. The topological polar surface area (TPSA) is 58.6 Å². The molecule has 0 radical (unpaired) electrons. The van der Waals surface area contributed by atoms with E-state index in [9.17, 15) is 4.79 Å². The highest BCUT2D eigenvalue weighted by Crippen LogP contribution is 1.98. The molecule has 0 aromatic carbocycles. The number of alkyl carbamates (subject to hydrolysis) is 1. The summed E-state index contributed by atoms with van der Waals surface area (Å²) < 4.78 is 4.92. The summed E-state index contributed by atoms with van der Waals surface area (Å²) in [4.78, 5) is 11.1.